The van der Waals surface area contributed by atoms with Crippen molar-refractivity contribution in [3.8, 4) is 11.1 Å². The molecule has 1 unspecified atom stereocenters. The molecule has 0 radical (unpaired) electrons. The second-order valence-corrected chi connectivity index (χ2v) is 10.7. The van der Waals surface area contributed by atoms with Gasteiger partial charge < -0.3 is 24.8 Å². The van der Waals surface area contributed by atoms with E-state index in [0.717, 1.165) is 11.0 Å². The van der Waals surface area contributed by atoms with Crippen LogP contribution in [0.3, 0.4) is 0 Å². The van der Waals surface area contributed by atoms with Gasteiger partial charge in [-0.1, -0.05) is 0 Å². The molecule has 0 bridgehead atoms. The molecule has 3 aromatic rings. The van der Waals surface area contributed by atoms with Crippen molar-refractivity contribution in [2.75, 3.05) is 68.1 Å². The molecular formula is C28H28F7N7O3. The summed E-state index contributed by atoms with van der Waals surface area (Å²) in [5.41, 5.74) is -3.37. The van der Waals surface area contributed by atoms with Crippen molar-refractivity contribution in [1.29, 1.82) is 0 Å². The number of carbonyl (C=O) groups is 1. The number of benzene rings is 1. The van der Waals surface area contributed by atoms with Crippen molar-refractivity contribution in [3.63, 3.8) is 0 Å². The Morgan fingerprint density at radius 1 is 1.07 bits per heavy atom. The van der Waals surface area contributed by atoms with Crippen molar-refractivity contribution in [3.05, 3.63) is 64.1 Å². The number of H-pyrrole nitrogens is 1. The van der Waals surface area contributed by atoms with Crippen LogP contribution in [0.25, 0.3) is 11.1 Å². The lowest BCUT2D eigenvalue weighted by molar-refractivity contribution is -0.146. The van der Waals surface area contributed by atoms with E-state index in [1.54, 1.807) is 4.90 Å². The smallest absolute Gasteiger partial charge is 0.378 e. The molecule has 2 fully saturated rings. The van der Waals surface area contributed by atoms with Gasteiger partial charge in [0.15, 0.2) is 0 Å². The highest BCUT2D eigenvalue weighted by atomic mass is 19.4. The number of pyridine rings is 1. The van der Waals surface area contributed by atoms with Crippen LogP contribution in [0.15, 0.2) is 41.6 Å². The second-order valence-electron chi connectivity index (χ2n) is 10.7. The molecule has 5 rings (SSSR count). The summed E-state index contributed by atoms with van der Waals surface area (Å²) >= 11 is 0. The number of aromatic nitrogens is 3. The first kappa shape index (κ1) is 32.2. The molecular weight excluding hydrogens is 615 g/mol. The number of carbonyl (C=O) groups excluding carboxylic acids is 1. The summed E-state index contributed by atoms with van der Waals surface area (Å²) in [5.74, 6) is -1.64. The maximum absolute atomic E-state index is 15.7. The second kappa shape index (κ2) is 12.6. The quantitative estimate of drug-likeness (QED) is 0.370. The van der Waals surface area contributed by atoms with Gasteiger partial charge in [0.25, 0.3) is 5.91 Å². The first-order valence-corrected chi connectivity index (χ1v) is 13.8. The number of rotatable bonds is 7. The number of morpholine rings is 1. The van der Waals surface area contributed by atoms with Crippen molar-refractivity contribution >= 4 is 23.2 Å². The van der Waals surface area contributed by atoms with E-state index in [4.69, 9.17) is 4.74 Å². The lowest BCUT2D eigenvalue weighted by Gasteiger charge is -2.27. The number of amides is 1. The standard InChI is InChI=1S/C28H28F7N7O3/c1-40(15-27(30,31)32)17-2-3-42(14-17)23-10-21(29)18(16-11-37-26(38-12-16)41-4-6-45-7-5-41)8-22(23)39-25(44)19-13-36-24(43)9-20(19)28(33,34)35/h8-13,17H,2-7,14-15H2,1H3,(H,36,43)(H,39,44). The van der Waals surface area contributed by atoms with E-state index in [2.05, 4.69) is 20.3 Å². The molecule has 1 atom stereocenters. The Morgan fingerprint density at radius 2 is 1.76 bits per heavy atom. The van der Waals surface area contributed by atoms with Gasteiger partial charge >= 0.3 is 12.4 Å². The predicted octanol–water partition coefficient (Wildman–Crippen LogP) is 4.15. The molecule has 17 heteroatoms. The first-order chi connectivity index (χ1) is 21.2. The SMILES string of the molecule is CN(CC(F)(F)F)C1CCN(c2cc(F)c(-c3cnc(N4CCOCC4)nc3)cc2NC(=O)c2c[nH]c(=O)cc2C(F)(F)F)C1. The fraction of sp³-hybridized carbons (Fsp3) is 0.429. The number of likely N-dealkylation sites (N-methyl/N-ethyl adjacent to an activating group) is 1. The van der Waals surface area contributed by atoms with Crippen molar-refractivity contribution < 1.29 is 40.3 Å². The van der Waals surface area contributed by atoms with E-state index in [1.807, 2.05) is 4.90 Å². The lowest BCUT2D eigenvalue weighted by Crippen LogP contribution is -2.40. The number of nitrogens with one attached hydrogen (secondary N) is 2. The van der Waals surface area contributed by atoms with Crippen molar-refractivity contribution in [1.82, 2.24) is 19.9 Å². The van der Waals surface area contributed by atoms with Crippen LogP contribution < -0.4 is 20.7 Å². The molecule has 45 heavy (non-hydrogen) atoms. The van der Waals surface area contributed by atoms with Gasteiger partial charge in [-0.15, -0.1) is 0 Å². The summed E-state index contributed by atoms with van der Waals surface area (Å²) in [6.07, 6.45) is -5.85. The molecule has 0 aliphatic carbocycles. The Bertz CT molecular complexity index is 1590. The minimum absolute atomic E-state index is 0.0258. The number of hydrogen-bond acceptors (Lipinski definition) is 8. The van der Waals surface area contributed by atoms with Crippen LogP contribution >= 0.6 is 0 Å². The van der Waals surface area contributed by atoms with Gasteiger partial charge in [-0.25, -0.2) is 14.4 Å². The molecule has 2 aliphatic heterocycles. The molecule has 1 amide bonds. The minimum atomic E-state index is -5.04. The Morgan fingerprint density at radius 3 is 2.40 bits per heavy atom. The van der Waals surface area contributed by atoms with Crippen LogP contribution in [0.2, 0.25) is 0 Å². The Hall–Kier alpha value is -4.25. The van der Waals surface area contributed by atoms with E-state index in [9.17, 15) is 35.9 Å². The molecule has 4 heterocycles. The average molecular weight is 644 g/mol. The lowest BCUT2D eigenvalue weighted by atomic mass is 10.0. The number of ether oxygens (including phenoxy) is 1. The summed E-state index contributed by atoms with van der Waals surface area (Å²) in [6.45, 7) is 1.11. The zero-order valence-electron chi connectivity index (χ0n) is 23.8. The van der Waals surface area contributed by atoms with E-state index in [0.29, 0.717) is 38.4 Å². The van der Waals surface area contributed by atoms with Gasteiger partial charge in [-0.2, -0.15) is 26.3 Å². The van der Waals surface area contributed by atoms with Gasteiger partial charge in [0.05, 0.1) is 42.3 Å². The first-order valence-electron chi connectivity index (χ1n) is 13.8. The maximum atomic E-state index is 15.7. The summed E-state index contributed by atoms with van der Waals surface area (Å²) in [4.78, 5) is 40.0. The summed E-state index contributed by atoms with van der Waals surface area (Å²) < 4.78 is 101. The summed E-state index contributed by atoms with van der Waals surface area (Å²) in [7, 11) is 1.31. The van der Waals surface area contributed by atoms with Gasteiger partial charge in [0, 0.05) is 68.0 Å². The molecule has 0 saturated carbocycles. The Balaban J connectivity index is 1.50. The highest BCUT2D eigenvalue weighted by molar-refractivity contribution is 6.07. The van der Waals surface area contributed by atoms with Gasteiger partial charge in [0.1, 0.15) is 5.82 Å². The highest BCUT2D eigenvalue weighted by Crippen LogP contribution is 2.38. The van der Waals surface area contributed by atoms with Crippen LogP contribution in [0.5, 0.6) is 0 Å². The Labute approximate surface area is 251 Å². The molecule has 1 aromatic carbocycles. The number of anilines is 3. The number of halogens is 7. The molecule has 2 N–H and O–H groups in total. The fourth-order valence-corrected chi connectivity index (χ4v) is 5.35. The van der Waals surface area contributed by atoms with Crippen LogP contribution in [0, 0.1) is 5.82 Å². The minimum Gasteiger partial charge on any atom is -0.378 e. The van der Waals surface area contributed by atoms with Crippen LogP contribution in [0.1, 0.15) is 22.3 Å². The monoisotopic (exact) mass is 643 g/mol. The molecule has 2 saturated heterocycles. The van der Waals surface area contributed by atoms with Crippen molar-refractivity contribution in [2.24, 2.45) is 0 Å². The summed E-state index contributed by atoms with van der Waals surface area (Å²) in [6, 6.07) is 1.95. The van der Waals surface area contributed by atoms with E-state index in [-0.39, 0.29) is 48.1 Å². The van der Waals surface area contributed by atoms with Gasteiger partial charge in [0.2, 0.25) is 11.5 Å². The Kier molecular flexibility index (Phi) is 9.02. The van der Waals surface area contributed by atoms with E-state index < -0.39 is 53.3 Å². The maximum Gasteiger partial charge on any atom is 0.417 e. The van der Waals surface area contributed by atoms with Gasteiger partial charge in [-0.3, -0.25) is 14.5 Å². The van der Waals surface area contributed by atoms with E-state index >= 15 is 4.39 Å². The van der Waals surface area contributed by atoms with E-state index in [1.165, 1.54) is 25.5 Å². The van der Waals surface area contributed by atoms with Crippen LogP contribution in [-0.4, -0.2) is 91.0 Å². The molecule has 0 spiro atoms. The zero-order chi connectivity index (χ0) is 32.5. The average Bonchev–Trinajstić information content (AvgIpc) is 3.48. The number of alkyl halides is 6. The number of hydrogen-bond donors (Lipinski definition) is 2. The van der Waals surface area contributed by atoms with Crippen LogP contribution in [0.4, 0.5) is 48.1 Å². The molecule has 2 aliphatic rings. The normalized spacial score (nSPS) is 17.7. The van der Waals surface area contributed by atoms with Gasteiger partial charge in [-0.05, 0) is 25.6 Å². The topological polar surface area (TPSA) is 107 Å². The third-order valence-corrected chi connectivity index (χ3v) is 7.61. The number of nitrogens with zero attached hydrogens (tertiary/aromatic N) is 5. The largest absolute Gasteiger partial charge is 0.417 e. The molecule has 242 valence electrons. The zero-order valence-corrected chi connectivity index (χ0v) is 23.8. The molecule has 10 nitrogen and oxygen atoms in total. The molecule has 2 aromatic heterocycles. The van der Waals surface area contributed by atoms with Crippen LogP contribution in [-0.2, 0) is 10.9 Å². The highest BCUT2D eigenvalue weighted by Gasteiger charge is 2.37. The third kappa shape index (κ3) is 7.53. The predicted molar refractivity (Wildman–Crippen MR) is 150 cm³/mol. The third-order valence-electron chi connectivity index (χ3n) is 7.61. The number of aromatic amines is 1. The van der Waals surface area contributed by atoms with Crippen molar-refractivity contribution in [2.45, 2.75) is 24.8 Å². The summed E-state index contributed by atoms with van der Waals surface area (Å²) in [5, 5.41) is 2.39. The fourth-order valence-electron chi connectivity index (χ4n) is 5.35.